The van der Waals surface area contributed by atoms with Crippen molar-refractivity contribution in [2.75, 3.05) is 0 Å². The van der Waals surface area contributed by atoms with E-state index in [1.54, 1.807) is 0 Å². The Bertz CT molecular complexity index is 536. The maximum atomic E-state index is 10.4. The molecule has 0 saturated heterocycles. The molecule has 2 aromatic carbocycles. The number of benzene rings is 2. The smallest absolute Gasteiger partial charge is 0.0946 e. The van der Waals surface area contributed by atoms with E-state index in [9.17, 15) is 5.11 Å². The minimum atomic E-state index is -0.625. The van der Waals surface area contributed by atoms with Gasteiger partial charge in [0.15, 0.2) is 0 Å². The first kappa shape index (κ1) is 13.8. The highest BCUT2D eigenvalue weighted by Crippen LogP contribution is 2.23. The van der Waals surface area contributed by atoms with Crippen molar-refractivity contribution in [3.8, 4) is 0 Å². The zero-order valence-corrected chi connectivity index (χ0v) is 11.5. The zero-order chi connectivity index (χ0) is 13.8. The molecular formula is C17H21NO. The van der Waals surface area contributed by atoms with E-state index in [1.165, 1.54) is 0 Å². The molecule has 3 N–H and O–H groups in total. The van der Waals surface area contributed by atoms with Crippen molar-refractivity contribution < 1.29 is 5.11 Å². The fraction of sp³-hybridized carbons (Fsp3) is 0.294. The monoisotopic (exact) mass is 255 g/mol. The Morgan fingerprint density at radius 2 is 1.74 bits per heavy atom. The van der Waals surface area contributed by atoms with E-state index >= 15 is 0 Å². The Balaban J connectivity index is 2.14. The Hall–Kier alpha value is -1.64. The number of rotatable bonds is 4. The lowest BCUT2D eigenvalue weighted by molar-refractivity contribution is 0.145. The Kier molecular flexibility index (Phi) is 4.35. The average Bonchev–Trinajstić information content (AvgIpc) is 2.42. The van der Waals surface area contributed by atoms with E-state index in [0.29, 0.717) is 6.42 Å². The van der Waals surface area contributed by atoms with Crippen molar-refractivity contribution in [3.63, 3.8) is 0 Å². The normalized spacial score (nSPS) is 14.1. The van der Waals surface area contributed by atoms with Crippen LogP contribution < -0.4 is 5.73 Å². The van der Waals surface area contributed by atoms with E-state index in [1.807, 2.05) is 62.4 Å². The molecule has 0 aromatic heterocycles. The quantitative estimate of drug-likeness (QED) is 0.882. The summed E-state index contributed by atoms with van der Waals surface area (Å²) >= 11 is 0. The van der Waals surface area contributed by atoms with Crippen molar-refractivity contribution in [1.29, 1.82) is 0 Å². The van der Waals surface area contributed by atoms with Crippen LogP contribution in [0.2, 0.25) is 0 Å². The highest BCUT2D eigenvalue weighted by molar-refractivity contribution is 5.33. The van der Waals surface area contributed by atoms with Crippen LogP contribution in [0.15, 0.2) is 48.5 Å². The number of aliphatic hydroxyl groups is 1. The first-order valence-corrected chi connectivity index (χ1v) is 6.62. The molecule has 0 saturated carbocycles. The van der Waals surface area contributed by atoms with Gasteiger partial charge in [0.25, 0.3) is 0 Å². The standard InChI is InChI=1S/C17H21NO/c1-12-8-9-13(2)15(10-12)17(19)16(18)11-14-6-4-3-5-7-14/h3-10,16-17,19H,11,18H2,1-2H3. The van der Waals surface area contributed by atoms with E-state index in [2.05, 4.69) is 0 Å². The molecule has 2 nitrogen and oxygen atoms in total. The molecule has 2 atom stereocenters. The van der Waals surface area contributed by atoms with Gasteiger partial charge in [-0.25, -0.2) is 0 Å². The molecule has 2 rings (SSSR count). The second-order valence-electron chi connectivity index (χ2n) is 5.16. The van der Waals surface area contributed by atoms with E-state index in [-0.39, 0.29) is 6.04 Å². The molecular weight excluding hydrogens is 234 g/mol. The van der Waals surface area contributed by atoms with E-state index < -0.39 is 6.10 Å². The van der Waals surface area contributed by atoms with Crippen LogP contribution in [0.4, 0.5) is 0 Å². The van der Waals surface area contributed by atoms with Gasteiger partial charge < -0.3 is 10.8 Å². The van der Waals surface area contributed by atoms with Crippen LogP contribution in [0.1, 0.15) is 28.4 Å². The minimum Gasteiger partial charge on any atom is -0.387 e. The molecule has 2 unspecified atom stereocenters. The summed E-state index contributed by atoms with van der Waals surface area (Å²) in [4.78, 5) is 0. The third-order valence-electron chi connectivity index (χ3n) is 3.47. The molecule has 0 amide bonds. The predicted octanol–water partition coefficient (Wildman–Crippen LogP) is 2.91. The molecule has 0 fully saturated rings. The molecule has 0 aliphatic heterocycles. The summed E-state index contributed by atoms with van der Waals surface area (Å²) in [6, 6.07) is 15.9. The third kappa shape index (κ3) is 3.43. The fourth-order valence-corrected chi connectivity index (χ4v) is 2.31. The molecule has 2 aromatic rings. The molecule has 2 heteroatoms. The summed E-state index contributed by atoms with van der Waals surface area (Å²) in [5.74, 6) is 0. The van der Waals surface area contributed by atoms with Gasteiger partial charge in [-0.3, -0.25) is 0 Å². The maximum Gasteiger partial charge on any atom is 0.0946 e. The second-order valence-corrected chi connectivity index (χ2v) is 5.16. The van der Waals surface area contributed by atoms with E-state index in [4.69, 9.17) is 5.73 Å². The molecule has 0 bridgehead atoms. The van der Waals surface area contributed by atoms with Crippen LogP contribution in [0.5, 0.6) is 0 Å². The van der Waals surface area contributed by atoms with Gasteiger partial charge in [0.2, 0.25) is 0 Å². The molecule has 0 spiro atoms. The summed E-state index contributed by atoms with van der Waals surface area (Å²) in [5.41, 5.74) is 10.5. The van der Waals surface area contributed by atoms with Crippen LogP contribution in [-0.2, 0) is 6.42 Å². The summed E-state index contributed by atoms with van der Waals surface area (Å²) < 4.78 is 0. The lowest BCUT2D eigenvalue weighted by Gasteiger charge is -2.21. The fourth-order valence-electron chi connectivity index (χ4n) is 2.31. The molecule has 0 aliphatic carbocycles. The van der Waals surface area contributed by atoms with Gasteiger partial charge in [-0.1, -0.05) is 54.1 Å². The average molecular weight is 255 g/mol. The van der Waals surface area contributed by atoms with Gasteiger partial charge in [0.1, 0.15) is 0 Å². The van der Waals surface area contributed by atoms with Crippen LogP contribution in [-0.4, -0.2) is 11.1 Å². The number of hydrogen-bond acceptors (Lipinski definition) is 2. The van der Waals surface area contributed by atoms with Gasteiger partial charge in [-0.05, 0) is 37.0 Å². The van der Waals surface area contributed by atoms with Gasteiger partial charge in [-0.2, -0.15) is 0 Å². The van der Waals surface area contributed by atoms with Crippen molar-refractivity contribution in [1.82, 2.24) is 0 Å². The van der Waals surface area contributed by atoms with Crippen molar-refractivity contribution in [2.24, 2.45) is 5.73 Å². The van der Waals surface area contributed by atoms with Gasteiger partial charge >= 0.3 is 0 Å². The number of nitrogens with two attached hydrogens (primary N) is 1. The molecule has 19 heavy (non-hydrogen) atoms. The number of aliphatic hydroxyl groups excluding tert-OH is 1. The molecule has 100 valence electrons. The molecule has 0 radical (unpaired) electrons. The third-order valence-corrected chi connectivity index (χ3v) is 3.47. The van der Waals surface area contributed by atoms with Gasteiger partial charge in [0.05, 0.1) is 6.10 Å². The first-order chi connectivity index (χ1) is 9.08. The van der Waals surface area contributed by atoms with Crippen LogP contribution in [0, 0.1) is 13.8 Å². The first-order valence-electron chi connectivity index (χ1n) is 6.62. The largest absolute Gasteiger partial charge is 0.387 e. The summed E-state index contributed by atoms with van der Waals surface area (Å²) in [6.45, 7) is 4.03. The van der Waals surface area contributed by atoms with Crippen LogP contribution in [0.3, 0.4) is 0 Å². The predicted molar refractivity (Wildman–Crippen MR) is 79.0 cm³/mol. The maximum absolute atomic E-state index is 10.4. The lowest BCUT2D eigenvalue weighted by atomic mass is 9.93. The van der Waals surface area contributed by atoms with Crippen molar-refractivity contribution >= 4 is 0 Å². The van der Waals surface area contributed by atoms with E-state index in [0.717, 1.165) is 22.3 Å². The Morgan fingerprint density at radius 1 is 1.05 bits per heavy atom. The molecule has 0 aliphatic rings. The summed E-state index contributed by atoms with van der Waals surface area (Å²) in [6.07, 6.45) is 0.0511. The minimum absolute atomic E-state index is 0.289. The zero-order valence-electron chi connectivity index (χ0n) is 11.5. The Labute approximate surface area is 114 Å². The van der Waals surface area contributed by atoms with Crippen LogP contribution in [0.25, 0.3) is 0 Å². The van der Waals surface area contributed by atoms with Crippen molar-refractivity contribution in [3.05, 3.63) is 70.8 Å². The second kappa shape index (κ2) is 6.00. The SMILES string of the molecule is Cc1ccc(C)c(C(O)C(N)Cc2ccccc2)c1. The van der Waals surface area contributed by atoms with Crippen molar-refractivity contribution in [2.45, 2.75) is 32.4 Å². The Morgan fingerprint density at radius 3 is 2.42 bits per heavy atom. The highest BCUT2D eigenvalue weighted by Gasteiger charge is 2.19. The highest BCUT2D eigenvalue weighted by atomic mass is 16.3. The molecule has 0 heterocycles. The topological polar surface area (TPSA) is 46.2 Å². The summed E-state index contributed by atoms with van der Waals surface area (Å²) in [5, 5.41) is 10.4. The number of hydrogen-bond donors (Lipinski definition) is 2. The van der Waals surface area contributed by atoms with Gasteiger partial charge in [0, 0.05) is 6.04 Å². The summed E-state index contributed by atoms with van der Waals surface area (Å²) in [7, 11) is 0. The van der Waals surface area contributed by atoms with Gasteiger partial charge in [-0.15, -0.1) is 0 Å². The lowest BCUT2D eigenvalue weighted by Crippen LogP contribution is -2.31. The number of aryl methyl sites for hydroxylation is 2. The van der Waals surface area contributed by atoms with Crippen LogP contribution >= 0.6 is 0 Å².